The van der Waals surface area contributed by atoms with Crippen LogP contribution in [0.3, 0.4) is 0 Å². The summed E-state index contributed by atoms with van der Waals surface area (Å²) in [6, 6.07) is 8.29. The average molecular weight is 444 g/mol. The minimum atomic E-state index is -1.43. The number of likely N-dealkylation sites (tertiary alicyclic amines) is 1. The maximum atomic E-state index is 11.9. The summed E-state index contributed by atoms with van der Waals surface area (Å²) in [6.07, 6.45) is 10.9. The number of nitrogen functional groups attached to an aromatic ring is 1. The lowest BCUT2D eigenvalue weighted by molar-refractivity contribution is -0.155. The summed E-state index contributed by atoms with van der Waals surface area (Å²) in [5.74, 6) is -1.88. The largest absolute Gasteiger partial charge is 0.474 e. The summed E-state index contributed by atoms with van der Waals surface area (Å²) in [6.45, 7) is 2.60. The van der Waals surface area contributed by atoms with Gasteiger partial charge in [-0.15, -0.1) is 0 Å². The predicted octanol–water partition coefficient (Wildman–Crippen LogP) is 1.46. The van der Waals surface area contributed by atoms with E-state index in [0.29, 0.717) is 31.0 Å². The van der Waals surface area contributed by atoms with E-state index in [1.54, 1.807) is 10.7 Å². The van der Waals surface area contributed by atoms with Crippen molar-refractivity contribution in [2.24, 2.45) is 0 Å². The summed E-state index contributed by atoms with van der Waals surface area (Å²) in [4.78, 5) is 29.4. The summed E-state index contributed by atoms with van der Waals surface area (Å²) in [5.41, 5.74) is 10.7. The number of fused-ring (bicyclic) bond motifs is 2. The Morgan fingerprint density at radius 2 is 1.91 bits per heavy atom. The number of amides is 1. The molecule has 5 rings (SSSR count). The molecular weight excluding hydrogens is 418 g/mol. The van der Waals surface area contributed by atoms with Crippen molar-refractivity contribution < 1.29 is 14.7 Å². The van der Waals surface area contributed by atoms with Crippen LogP contribution in [0.2, 0.25) is 0 Å². The predicted molar refractivity (Wildman–Crippen MR) is 126 cm³/mol. The fraction of sp³-hybridized carbons (Fsp3) is 0.280. The van der Waals surface area contributed by atoms with Crippen LogP contribution >= 0.6 is 0 Å². The van der Waals surface area contributed by atoms with E-state index < -0.39 is 11.9 Å². The van der Waals surface area contributed by atoms with Gasteiger partial charge in [-0.05, 0) is 48.3 Å². The molecule has 2 aromatic heterocycles. The zero-order valence-electron chi connectivity index (χ0n) is 18.4. The van der Waals surface area contributed by atoms with E-state index in [-0.39, 0.29) is 5.92 Å². The van der Waals surface area contributed by atoms with Crippen molar-refractivity contribution in [2.45, 2.75) is 32.1 Å². The number of nitrogens with zero attached hydrogens (tertiary/aromatic N) is 4. The van der Waals surface area contributed by atoms with Crippen molar-refractivity contribution in [3.05, 3.63) is 63.8 Å². The van der Waals surface area contributed by atoms with Gasteiger partial charge in [0, 0.05) is 30.1 Å². The van der Waals surface area contributed by atoms with Crippen LogP contribution in [-0.2, 0) is 9.59 Å². The van der Waals surface area contributed by atoms with Crippen LogP contribution in [0.15, 0.2) is 36.5 Å². The Morgan fingerprint density at radius 1 is 1.15 bits per heavy atom. The summed E-state index contributed by atoms with van der Waals surface area (Å²) < 4.78 is 1.66. The molecule has 1 unspecified atom stereocenters. The van der Waals surface area contributed by atoms with Crippen molar-refractivity contribution in [2.75, 3.05) is 18.8 Å². The van der Waals surface area contributed by atoms with Crippen molar-refractivity contribution in [1.82, 2.24) is 19.5 Å². The normalized spacial score (nSPS) is 20.6. The Kier molecular flexibility index (Phi) is 5.20. The quantitative estimate of drug-likeness (QED) is 0.580. The fourth-order valence-corrected chi connectivity index (χ4v) is 4.74. The molecule has 8 nitrogen and oxygen atoms in total. The van der Waals surface area contributed by atoms with Gasteiger partial charge in [-0.25, -0.2) is 9.78 Å². The Hall–Kier alpha value is -3.94. The van der Waals surface area contributed by atoms with Crippen LogP contribution in [0.4, 0.5) is 5.82 Å². The molecule has 0 spiro atoms. The number of carbonyl (C=O) groups excluding carboxylic acids is 1. The number of rotatable bonds is 2. The van der Waals surface area contributed by atoms with E-state index in [1.807, 2.05) is 19.1 Å². The second-order valence-corrected chi connectivity index (χ2v) is 8.56. The van der Waals surface area contributed by atoms with Gasteiger partial charge < -0.3 is 15.7 Å². The van der Waals surface area contributed by atoms with Gasteiger partial charge in [0.15, 0.2) is 5.65 Å². The van der Waals surface area contributed by atoms with E-state index in [2.05, 4.69) is 35.5 Å². The minimum absolute atomic E-state index is 0.0750. The second-order valence-electron chi connectivity index (χ2n) is 8.56. The molecule has 1 fully saturated rings. The van der Waals surface area contributed by atoms with Gasteiger partial charge in [0.2, 0.25) is 0 Å². The highest BCUT2D eigenvalue weighted by Crippen LogP contribution is 2.33. The molecule has 1 aliphatic heterocycles. The van der Waals surface area contributed by atoms with Crippen LogP contribution < -0.4 is 16.2 Å². The van der Waals surface area contributed by atoms with Gasteiger partial charge in [-0.3, -0.25) is 4.79 Å². The SMILES string of the molecule is Cc1c(C2CCN(C(=O)C(=O)O)C2)nc2c(C3=C/CCC=c4cccc\c4=C\3)cnn2c1N. The molecule has 33 heavy (non-hydrogen) atoms. The maximum absolute atomic E-state index is 11.9. The molecule has 0 saturated carbocycles. The lowest BCUT2D eigenvalue weighted by atomic mass is 9.99. The molecule has 3 aromatic rings. The monoisotopic (exact) mass is 443 g/mol. The number of aliphatic carboxylic acids is 1. The number of carbonyl (C=O) groups is 2. The molecule has 0 radical (unpaired) electrons. The molecule has 8 heteroatoms. The van der Waals surface area contributed by atoms with E-state index in [1.165, 1.54) is 10.1 Å². The van der Waals surface area contributed by atoms with Gasteiger partial charge in [-0.1, -0.05) is 36.4 Å². The third-order valence-electron chi connectivity index (χ3n) is 6.53. The van der Waals surface area contributed by atoms with Gasteiger partial charge in [-0.2, -0.15) is 9.61 Å². The third-order valence-corrected chi connectivity index (χ3v) is 6.53. The van der Waals surface area contributed by atoms with Crippen LogP contribution in [0.25, 0.3) is 23.4 Å². The van der Waals surface area contributed by atoms with Crippen LogP contribution in [0, 0.1) is 6.92 Å². The number of carboxylic acid groups (broad SMARTS) is 1. The molecule has 2 aliphatic rings. The van der Waals surface area contributed by atoms with Gasteiger partial charge in [0.25, 0.3) is 0 Å². The molecule has 0 bridgehead atoms. The number of aromatic nitrogens is 3. The summed E-state index contributed by atoms with van der Waals surface area (Å²) in [5, 5.41) is 15.9. The highest BCUT2D eigenvalue weighted by atomic mass is 16.4. The summed E-state index contributed by atoms with van der Waals surface area (Å²) >= 11 is 0. The minimum Gasteiger partial charge on any atom is -0.474 e. The standard InChI is InChI=1S/C25H25N5O3/c1-15-21(19-10-11-29(14-19)24(31)25(32)33)28-23-20(13-27-30(23)22(15)26)18-9-5-3-7-16-6-2-4-8-17(16)12-18/h2,4,6-9,12-13,19H,3,5,10-11,14,26H2,1H3,(H,32,33)/b16-7?,17-12-,18-9+. The Bertz CT molecular complexity index is 1440. The molecule has 1 aromatic carbocycles. The van der Waals surface area contributed by atoms with Crippen molar-refractivity contribution in [3.63, 3.8) is 0 Å². The van der Waals surface area contributed by atoms with Crippen molar-refractivity contribution in [3.8, 4) is 0 Å². The van der Waals surface area contributed by atoms with Crippen LogP contribution in [0.1, 0.15) is 42.0 Å². The number of allylic oxidation sites excluding steroid dienone is 2. The number of benzene rings is 1. The third kappa shape index (κ3) is 3.67. The molecular formula is C25H25N5O3. The zero-order valence-corrected chi connectivity index (χ0v) is 18.4. The van der Waals surface area contributed by atoms with Crippen molar-refractivity contribution >= 4 is 41.1 Å². The van der Waals surface area contributed by atoms with E-state index in [4.69, 9.17) is 15.8 Å². The number of carboxylic acids is 1. The maximum Gasteiger partial charge on any atom is 0.394 e. The van der Waals surface area contributed by atoms with Crippen molar-refractivity contribution in [1.29, 1.82) is 0 Å². The first-order valence-electron chi connectivity index (χ1n) is 11.1. The number of hydrogen-bond acceptors (Lipinski definition) is 5. The first kappa shape index (κ1) is 20.9. The van der Waals surface area contributed by atoms with E-state index >= 15 is 0 Å². The average Bonchev–Trinajstić information content (AvgIpc) is 3.44. The van der Waals surface area contributed by atoms with Crippen LogP contribution in [0.5, 0.6) is 0 Å². The first-order valence-corrected chi connectivity index (χ1v) is 11.1. The fourth-order valence-electron chi connectivity index (χ4n) is 4.74. The van der Waals surface area contributed by atoms with E-state index in [0.717, 1.165) is 40.5 Å². The molecule has 1 amide bonds. The first-order chi connectivity index (χ1) is 15.9. The summed E-state index contributed by atoms with van der Waals surface area (Å²) in [7, 11) is 0. The zero-order chi connectivity index (χ0) is 23.1. The number of anilines is 1. The highest BCUT2D eigenvalue weighted by Gasteiger charge is 2.33. The molecule has 1 atom stereocenters. The van der Waals surface area contributed by atoms with Gasteiger partial charge in [0.05, 0.1) is 11.9 Å². The molecule has 1 aliphatic carbocycles. The van der Waals surface area contributed by atoms with Gasteiger partial charge >= 0.3 is 11.9 Å². The molecule has 3 heterocycles. The molecule has 168 valence electrons. The number of nitrogens with two attached hydrogens (primary N) is 1. The van der Waals surface area contributed by atoms with E-state index in [9.17, 15) is 9.59 Å². The number of hydrogen-bond donors (Lipinski definition) is 2. The Balaban J connectivity index is 1.60. The van der Waals surface area contributed by atoms with Gasteiger partial charge in [0.1, 0.15) is 5.82 Å². The lowest BCUT2D eigenvalue weighted by Gasteiger charge is -2.17. The van der Waals surface area contributed by atoms with Crippen LogP contribution in [-0.4, -0.2) is 49.6 Å². The topological polar surface area (TPSA) is 114 Å². The Labute approximate surface area is 190 Å². The smallest absolute Gasteiger partial charge is 0.394 e. The molecule has 1 saturated heterocycles. The lowest BCUT2D eigenvalue weighted by Crippen LogP contribution is -2.34. The molecule has 3 N–H and O–H groups in total. The highest BCUT2D eigenvalue weighted by molar-refractivity contribution is 6.31. The Morgan fingerprint density at radius 3 is 2.70 bits per heavy atom. The second kappa shape index (κ2) is 8.20.